The summed E-state index contributed by atoms with van der Waals surface area (Å²) in [5.41, 5.74) is 2.13. The predicted molar refractivity (Wildman–Crippen MR) is 99.9 cm³/mol. The van der Waals surface area contributed by atoms with Crippen LogP contribution in [0.25, 0.3) is 11.1 Å². The molecular weight excluding hydrogens is 372 g/mol. The number of nitrogens with one attached hydrogen (secondary N) is 2. The Labute approximate surface area is 160 Å². The molecule has 2 aliphatic rings. The van der Waals surface area contributed by atoms with Crippen molar-refractivity contribution in [1.82, 2.24) is 15.2 Å². The Hall–Kier alpha value is -2.32. The number of anilines is 1. The minimum Gasteiger partial charge on any atom is -0.480 e. The van der Waals surface area contributed by atoms with E-state index in [-0.39, 0.29) is 19.1 Å². The molecule has 0 unspecified atom stereocenters. The number of carbonyl (C=O) groups is 2. The molecule has 0 atom stereocenters. The van der Waals surface area contributed by atoms with Gasteiger partial charge in [0.15, 0.2) is 5.58 Å². The van der Waals surface area contributed by atoms with Crippen LogP contribution in [-0.4, -0.2) is 40.6 Å². The van der Waals surface area contributed by atoms with E-state index in [9.17, 15) is 9.59 Å². The van der Waals surface area contributed by atoms with Crippen LogP contribution in [0.2, 0.25) is 5.02 Å². The molecule has 8 nitrogen and oxygen atoms in total. The maximum atomic E-state index is 12.3. The lowest BCUT2D eigenvalue weighted by Gasteiger charge is -2.42. The molecule has 1 aliphatic heterocycles. The number of hydrogen-bond donors (Lipinski definition) is 3. The van der Waals surface area contributed by atoms with Crippen LogP contribution in [0.15, 0.2) is 10.5 Å². The Balaban J connectivity index is 1.81. The minimum absolute atomic E-state index is 0.112. The van der Waals surface area contributed by atoms with Crippen LogP contribution in [0.1, 0.15) is 43.6 Å². The first-order chi connectivity index (χ1) is 12.9. The van der Waals surface area contributed by atoms with Crippen molar-refractivity contribution in [1.29, 1.82) is 0 Å². The summed E-state index contributed by atoms with van der Waals surface area (Å²) in [6, 6.07) is 1.42. The largest absolute Gasteiger partial charge is 0.480 e. The second kappa shape index (κ2) is 6.69. The number of nitrogens with zero attached hydrogens (tertiary/aromatic N) is 2. The fourth-order valence-electron chi connectivity index (χ4n) is 4.20. The van der Waals surface area contributed by atoms with Gasteiger partial charge in [-0.2, -0.15) is 0 Å². The number of benzene rings is 1. The first kappa shape index (κ1) is 18.1. The zero-order valence-corrected chi connectivity index (χ0v) is 15.7. The van der Waals surface area contributed by atoms with Crippen LogP contribution in [0.3, 0.4) is 0 Å². The molecule has 2 amide bonds. The predicted octanol–water partition coefficient (Wildman–Crippen LogP) is 3.29. The molecule has 27 heavy (non-hydrogen) atoms. The van der Waals surface area contributed by atoms with Gasteiger partial charge in [0, 0.05) is 5.56 Å². The lowest BCUT2D eigenvalue weighted by atomic mass is 9.74. The number of urea groups is 1. The average molecular weight is 393 g/mol. The van der Waals surface area contributed by atoms with E-state index in [0.29, 0.717) is 27.7 Å². The summed E-state index contributed by atoms with van der Waals surface area (Å²) in [5.74, 6) is -0.497. The Morgan fingerprint density at radius 2 is 2.15 bits per heavy atom. The van der Waals surface area contributed by atoms with Crippen molar-refractivity contribution in [2.75, 3.05) is 18.9 Å². The lowest BCUT2D eigenvalue weighted by Crippen LogP contribution is -2.52. The SMILES string of the molecule is CN(CC(=O)O)Cc1nc2cc(Cl)c3c(c2o1)C1(CCCCC1)NC(=O)N3. The first-order valence-electron chi connectivity index (χ1n) is 9.00. The number of halogens is 1. The lowest BCUT2D eigenvalue weighted by molar-refractivity contribution is -0.138. The zero-order valence-electron chi connectivity index (χ0n) is 15.0. The second-order valence-corrected chi connectivity index (χ2v) is 7.76. The molecule has 4 rings (SSSR count). The zero-order chi connectivity index (χ0) is 19.2. The number of amides is 2. The van der Waals surface area contributed by atoms with Crippen molar-refractivity contribution in [3.05, 3.63) is 22.5 Å². The maximum Gasteiger partial charge on any atom is 0.319 e. The van der Waals surface area contributed by atoms with E-state index in [1.54, 1.807) is 18.0 Å². The number of oxazole rings is 1. The van der Waals surface area contributed by atoms with Crippen LogP contribution in [0.5, 0.6) is 0 Å². The summed E-state index contributed by atoms with van der Waals surface area (Å²) in [6.45, 7) is 0.152. The molecule has 0 saturated heterocycles. The van der Waals surface area contributed by atoms with Gasteiger partial charge in [0.1, 0.15) is 5.52 Å². The number of aliphatic carboxylic acids is 1. The fourth-order valence-corrected chi connectivity index (χ4v) is 4.44. The van der Waals surface area contributed by atoms with E-state index < -0.39 is 11.5 Å². The summed E-state index contributed by atoms with van der Waals surface area (Å²) in [4.78, 5) is 29.2. The van der Waals surface area contributed by atoms with E-state index >= 15 is 0 Å². The quantitative estimate of drug-likeness (QED) is 0.736. The molecule has 0 bridgehead atoms. The summed E-state index contributed by atoms with van der Waals surface area (Å²) in [5, 5.41) is 15.3. The van der Waals surface area contributed by atoms with E-state index in [1.807, 2.05) is 0 Å². The van der Waals surface area contributed by atoms with E-state index in [2.05, 4.69) is 15.6 Å². The third-order valence-corrected chi connectivity index (χ3v) is 5.56. The minimum atomic E-state index is -0.915. The van der Waals surface area contributed by atoms with Crippen molar-refractivity contribution in [2.24, 2.45) is 0 Å². The van der Waals surface area contributed by atoms with Gasteiger partial charge in [0.2, 0.25) is 5.89 Å². The molecule has 3 N–H and O–H groups in total. The van der Waals surface area contributed by atoms with Crippen molar-refractivity contribution < 1.29 is 19.1 Å². The fraction of sp³-hybridized carbons (Fsp3) is 0.500. The number of hydrogen-bond acceptors (Lipinski definition) is 5. The Bertz CT molecular complexity index is 920. The Morgan fingerprint density at radius 3 is 2.85 bits per heavy atom. The topological polar surface area (TPSA) is 108 Å². The van der Waals surface area contributed by atoms with Gasteiger partial charge in [-0.05, 0) is 26.0 Å². The van der Waals surface area contributed by atoms with E-state index in [1.165, 1.54) is 0 Å². The van der Waals surface area contributed by atoms with E-state index in [0.717, 1.165) is 37.7 Å². The molecule has 1 spiro atoms. The Morgan fingerprint density at radius 1 is 1.41 bits per heavy atom. The van der Waals surface area contributed by atoms with Gasteiger partial charge >= 0.3 is 12.0 Å². The maximum absolute atomic E-state index is 12.3. The third-order valence-electron chi connectivity index (χ3n) is 5.26. The van der Waals surface area contributed by atoms with E-state index in [4.69, 9.17) is 21.1 Å². The number of fused-ring (bicyclic) bond motifs is 4. The van der Waals surface area contributed by atoms with Gasteiger partial charge in [-0.3, -0.25) is 9.69 Å². The van der Waals surface area contributed by atoms with Crippen molar-refractivity contribution in [2.45, 2.75) is 44.2 Å². The molecule has 1 aromatic heterocycles. The highest BCUT2D eigenvalue weighted by Crippen LogP contribution is 2.48. The van der Waals surface area contributed by atoms with Crippen LogP contribution in [0.4, 0.5) is 10.5 Å². The average Bonchev–Trinajstić information content (AvgIpc) is 2.96. The number of rotatable bonds is 4. The number of aromatic nitrogens is 1. The summed E-state index contributed by atoms with van der Waals surface area (Å²) in [7, 11) is 1.69. The monoisotopic (exact) mass is 392 g/mol. The molecule has 144 valence electrons. The van der Waals surface area contributed by atoms with Crippen molar-refractivity contribution >= 4 is 40.4 Å². The number of carboxylic acid groups (broad SMARTS) is 1. The molecule has 1 fully saturated rings. The molecule has 2 heterocycles. The highest BCUT2D eigenvalue weighted by Gasteiger charge is 2.44. The Kier molecular flexibility index (Phi) is 4.47. The van der Waals surface area contributed by atoms with Crippen LogP contribution in [0, 0.1) is 0 Å². The molecule has 1 aliphatic carbocycles. The third kappa shape index (κ3) is 3.23. The smallest absolute Gasteiger partial charge is 0.319 e. The molecule has 1 saturated carbocycles. The van der Waals surface area contributed by atoms with Crippen LogP contribution < -0.4 is 10.6 Å². The highest BCUT2D eigenvalue weighted by atomic mass is 35.5. The molecule has 2 aromatic rings. The molecule has 1 aromatic carbocycles. The number of likely N-dealkylation sites (N-methyl/N-ethyl adjacent to an activating group) is 1. The van der Waals surface area contributed by atoms with Crippen molar-refractivity contribution in [3.63, 3.8) is 0 Å². The van der Waals surface area contributed by atoms with Gasteiger partial charge in [0.25, 0.3) is 0 Å². The van der Waals surface area contributed by atoms with Gasteiger partial charge in [-0.15, -0.1) is 0 Å². The normalized spacial score (nSPS) is 18.4. The highest BCUT2D eigenvalue weighted by molar-refractivity contribution is 6.35. The first-order valence-corrected chi connectivity index (χ1v) is 9.38. The molecular formula is C18H21ClN4O4. The second-order valence-electron chi connectivity index (χ2n) is 7.35. The summed E-state index contributed by atoms with van der Waals surface area (Å²) >= 11 is 6.46. The molecule has 0 radical (unpaired) electrons. The number of carboxylic acids is 1. The summed E-state index contributed by atoms with van der Waals surface area (Å²) in [6.07, 6.45) is 4.79. The molecule has 9 heteroatoms. The standard InChI is InChI=1S/C18H21ClN4O4/c1-23(9-13(24)25)8-12-20-11-7-10(19)15-14(16(11)27-12)18(22-17(26)21-15)5-3-2-4-6-18/h7H,2-6,8-9H2,1H3,(H,24,25)(H2,21,22,26). The van der Waals surface area contributed by atoms with Gasteiger partial charge in [-0.25, -0.2) is 9.78 Å². The van der Waals surface area contributed by atoms with Gasteiger partial charge in [-0.1, -0.05) is 30.9 Å². The van der Waals surface area contributed by atoms with Gasteiger partial charge < -0.3 is 20.2 Å². The van der Waals surface area contributed by atoms with Crippen LogP contribution >= 0.6 is 11.6 Å². The van der Waals surface area contributed by atoms with Gasteiger partial charge in [0.05, 0.1) is 29.3 Å². The van der Waals surface area contributed by atoms with Crippen molar-refractivity contribution in [3.8, 4) is 0 Å². The summed E-state index contributed by atoms with van der Waals surface area (Å²) < 4.78 is 6.04. The number of carbonyl (C=O) groups excluding carboxylic acids is 1. The van der Waals surface area contributed by atoms with Crippen LogP contribution in [-0.2, 0) is 16.9 Å².